The molecule has 0 aliphatic rings. The van der Waals surface area contributed by atoms with Crippen LogP contribution in [0, 0.1) is 19.8 Å². The van der Waals surface area contributed by atoms with E-state index in [9.17, 15) is 14.4 Å². The fraction of sp³-hybridized carbons (Fsp3) is 0.455. The molecule has 0 radical (unpaired) electrons. The minimum Gasteiger partial charge on any atom is -0.464 e. The maximum absolute atomic E-state index is 13.4. The Balaban J connectivity index is 2.40. The molecule has 1 unspecified atom stereocenters. The number of nitrogens with zero attached hydrogens (tertiary/aromatic N) is 4. The molecule has 8 nitrogen and oxygen atoms in total. The molecule has 0 saturated carbocycles. The van der Waals surface area contributed by atoms with E-state index < -0.39 is 23.3 Å². The standard InChI is InChI=1S/C22H28N4O4/c1-7-30-21(28)16(6)25-12-23-19-18(25)20(27)24(11-13(2)3)22(29)26(19)17-9-8-14(4)10-15(17)5/h8-10,12-13,16H,7,11H2,1-6H3. The van der Waals surface area contributed by atoms with E-state index in [2.05, 4.69) is 4.98 Å². The fourth-order valence-electron chi connectivity index (χ4n) is 3.62. The maximum atomic E-state index is 13.4. The van der Waals surface area contributed by atoms with Crippen molar-refractivity contribution < 1.29 is 9.53 Å². The second-order valence-electron chi connectivity index (χ2n) is 7.97. The van der Waals surface area contributed by atoms with Crippen LogP contribution in [0.15, 0.2) is 34.1 Å². The maximum Gasteiger partial charge on any atom is 0.337 e. The van der Waals surface area contributed by atoms with Crippen molar-refractivity contribution in [2.75, 3.05) is 6.61 Å². The van der Waals surface area contributed by atoms with Crippen LogP contribution in [0.3, 0.4) is 0 Å². The molecule has 0 bridgehead atoms. The monoisotopic (exact) mass is 412 g/mol. The highest BCUT2D eigenvalue weighted by Crippen LogP contribution is 2.20. The number of carbonyl (C=O) groups excluding carboxylic acids is 1. The zero-order chi connectivity index (χ0) is 22.2. The summed E-state index contributed by atoms with van der Waals surface area (Å²) >= 11 is 0. The van der Waals surface area contributed by atoms with Gasteiger partial charge in [-0.05, 0) is 45.2 Å². The van der Waals surface area contributed by atoms with Crippen LogP contribution >= 0.6 is 0 Å². The van der Waals surface area contributed by atoms with Gasteiger partial charge in [0.2, 0.25) is 0 Å². The third-order valence-corrected chi connectivity index (χ3v) is 5.04. The van der Waals surface area contributed by atoms with Gasteiger partial charge in [-0.2, -0.15) is 0 Å². The minimum absolute atomic E-state index is 0.0827. The molecule has 0 aliphatic heterocycles. The van der Waals surface area contributed by atoms with Gasteiger partial charge >= 0.3 is 11.7 Å². The van der Waals surface area contributed by atoms with Gasteiger partial charge < -0.3 is 9.30 Å². The van der Waals surface area contributed by atoms with Crippen molar-refractivity contribution in [2.24, 2.45) is 5.92 Å². The van der Waals surface area contributed by atoms with Gasteiger partial charge in [-0.25, -0.2) is 19.1 Å². The molecule has 0 amide bonds. The number of carbonyl (C=O) groups is 1. The average Bonchev–Trinajstić information content (AvgIpc) is 3.11. The van der Waals surface area contributed by atoms with Crippen molar-refractivity contribution in [3.63, 3.8) is 0 Å². The molecular formula is C22H28N4O4. The van der Waals surface area contributed by atoms with Crippen LogP contribution in [0.2, 0.25) is 0 Å². The summed E-state index contributed by atoms with van der Waals surface area (Å²) in [6.45, 7) is 11.6. The van der Waals surface area contributed by atoms with Crippen molar-refractivity contribution in [2.45, 2.75) is 54.1 Å². The molecule has 160 valence electrons. The van der Waals surface area contributed by atoms with E-state index in [1.807, 2.05) is 45.9 Å². The van der Waals surface area contributed by atoms with E-state index >= 15 is 0 Å². The number of esters is 1. The average molecular weight is 412 g/mol. The van der Waals surface area contributed by atoms with Gasteiger partial charge in [-0.3, -0.25) is 9.36 Å². The Labute approximate surface area is 174 Å². The lowest BCUT2D eigenvalue weighted by atomic mass is 10.1. The largest absolute Gasteiger partial charge is 0.464 e. The molecule has 8 heteroatoms. The second-order valence-corrected chi connectivity index (χ2v) is 7.97. The molecule has 0 fully saturated rings. The van der Waals surface area contributed by atoms with Crippen LogP contribution in [0.25, 0.3) is 16.9 Å². The van der Waals surface area contributed by atoms with Crippen molar-refractivity contribution in [1.82, 2.24) is 18.7 Å². The Morgan fingerprint density at radius 3 is 2.47 bits per heavy atom. The summed E-state index contributed by atoms with van der Waals surface area (Å²) in [5, 5.41) is 0. The number of benzene rings is 1. The van der Waals surface area contributed by atoms with Crippen molar-refractivity contribution in [3.8, 4) is 5.69 Å². The number of rotatable bonds is 6. The minimum atomic E-state index is -0.750. The first-order chi connectivity index (χ1) is 14.2. The highest BCUT2D eigenvalue weighted by atomic mass is 16.5. The number of fused-ring (bicyclic) bond motifs is 1. The number of ether oxygens (including phenoxy) is 1. The Kier molecular flexibility index (Phi) is 5.96. The summed E-state index contributed by atoms with van der Waals surface area (Å²) < 4.78 is 9.29. The Morgan fingerprint density at radius 1 is 1.17 bits per heavy atom. The van der Waals surface area contributed by atoms with Gasteiger partial charge in [0.05, 0.1) is 18.6 Å². The molecule has 3 aromatic rings. The second kappa shape index (κ2) is 8.30. The van der Waals surface area contributed by atoms with E-state index in [4.69, 9.17) is 4.74 Å². The molecule has 1 aromatic carbocycles. The number of imidazole rings is 1. The lowest BCUT2D eigenvalue weighted by Crippen LogP contribution is -2.41. The molecule has 0 spiro atoms. The van der Waals surface area contributed by atoms with Gasteiger partial charge in [0.15, 0.2) is 11.2 Å². The SMILES string of the molecule is CCOC(=O)C(C)n1cnc2c1c(=O)n(CC(C)C)c(=O)n2-c1ccc(C)cc1C. The predicted octanol–water partition coefficient (Wildman–Crippen LogP) is 2.75. The van der Waals surface area contributed by atoms with Crippen molar-refractivity contribution in [3.05, 3.63) is 56.5 Å². The summed E-state index contributed by atoms with van der Waals surface area (Å²) in [5.41, 5.74) is 2.14. The summed E-state index contributed by atoms with van der Waals surface area (Å²) in [6, 6.07) is 4.99. The van der Waals surface area contributed by atoms with Gasteiger partial charge in [0.25, 0.3) is 5.56 Å². The molecule has 3 rings (SSSR count). The van der Waals surface area contributed by atoms with Crippen molar-refractivity contribution in [1.29, 1.82) is 0 Å². The first-order valence-corrected chi connectivity index (χ1v) is 10.1. The zero-order valence-electron chi connectivity index (χ0n) is 18.3. The number of hydrogen-bond donors (Lipinski definition) is 0. The molecule has 2 aromatic heterocycles. The summed E-state index contributed by atoms with van der Waals surface area (Å²) in [5.74, 6) is -0.379. The Hall–Kier alpha value is -3.16. The van der Waals surface area contributed by atoms with E-state index in [0.717, 1.165) is 11.1 Å². The Morgan fingerprint density at radius 2 is 1.87 bits per heavy atom. The molecule has 1 atom stereocenters. The van der Waals surface area contributed by atoms with E-state index in [-0.39, 0.29) is 30.2 Å². The van der Waals surface area contributed by atoms with Crippen LogP contribution < -0.4 is 11.2 Å². The number of hydrogen-bond acceptors (Lipinski definition) is 5. The topological polar surface area (TPSA) is 88.1 Å². The third-order valence-electron chi connectivity index (χ3n) is 5.04. The third kappa shape index (κ3) is 3.69. The van der Waals surface area contributed by atoms with Gasteiger partial charge in [-0.1, -0.05) is 31.5 Å². The van der Waals surface area contributed by atoms with E-state index in [1.165, 1.54) is 20.0 Å². The molecule has 2 heterocycles. The number of aromatic nitrogens is 4. The van der Waals surface area contributed by atoms with Gasteiger partial charge in [-0.15, -0.1) is 0 Å². The first-order valence-electron chi connectivity index (χ1n) is 10.1. The lowest BCUT2D eigenvalue weighted by molar-refractivity contribution is -0.146. The Bertz CT molecular complexity index is 1220. The van der Waals surface area contributed by atoms with Crippen molar-refractivity contribution >= 4 is 17.1 Å². The quantitative estimate of drug-likeness (QED) is 0.581. The normalized spacial score (nSPS) is 12.5. The van der Waals surface area contributed by atoms with Crippen LogP contribution in [-0.4, -0.2) is 31.3 Å². The highest BCUT2D eigenvalue weighted by molar-refractivity contribution is 5.79. The first kappa shape index (κ1) is 21.5. The lowest BCUT2D eigenvalue weighted by Gasteiger charge is -2.17. The summed E-state index contributed by atoms with van der Waals surface area (Å²) in [6.07, 6.45) is 1.42. The highest BCUT2D eigenvalue weighted by Gasteiger charge is 2.25. The smallest absolute Gasteiger partial charge is 0.337 e. The summed E-state index contributed by atoms with van der Waals surface area (Å²) in [7, 11) is 0. The zero-order valence-corrected chi connectivity index (χ0v) is 18.3. The van der Waals surface area contributed by atoms with E-state index in [1.54, 1.807) is 13.8 Å². The van der Waals surface area contributed by atoms with Crippen LogP contribution in [0.4, 0.5) is 0 Å². The molecular weight excluding hydrogens is 384 g/mol. The fourth-order valence-corrected chi connectivity index (χ4v) is 3.62. The number of aryl methyl sites for hydroxylation is 2. The molecule has 0 saturated heterocycles. The molecule has 0 aliphatic carbocycles. The van der Waals surface area contributed by atoms with E-state index in [0.29, 0.717) is 5.69 Å². The van der Waals surface area contributed by atoms with Crippen LogP contribution in [0.5, 0.6) is 0 Å². The van der Waals surface area contributed by atoms with Crippen LogP contribution in [-0.2, 0) is 16.1 Å². The van der Waals surface area contributed by atoms with Crippen LogP contribution in [0.1, 0.15) is 44.9 Å². The summed E-state index contributed by atoms with van der Waals surface area (Å²) in [4.78, 5) is 43.4. The van der Waals surface area contributed by atoms with Gasteiger partial charge in [0.1, 0.15) is 6.04 Å². The molecule has 30 heavy (non-hydrogen) atoms. The predicted molar refractivity (Wildman–Crippen MR) is 115 cm³/mol. The van der Waals surface area contributed by atoms with Gasteiger partial charge in [0, 0.05) is 6.54 Å². The molecule has 0 N–H and O–H groups in total.